The van der Waals surface area contributed by atoms with Crippen LogP contribution in [0.4, 0.5) is 0 Å². The van der Waals surface area contributed by atoms with E-state index in [1.165, 1.54) is 7.11 Å². The molecular formula is C22H26N4O3. The number of aromatic amines is 1. The lowest BCUT2D eigenvalue weighted by atomic mass is 10.0. The second-order valence-electron chi connectivity index (χ2n) is 7.20. The molecule has 0 amide bonds. The first-order chi connectivity index (χ1) is 13.8. The Kier molecular flexibility index (Phi) is 5.98. The van der Waals surface area contributed by atoms with E-state index in [1.54, 1.807) is 20.0 Å². The van der Waals surface area contributed by atoms with Gasteiger partial charge in [0.05, 0.1) is 36.3 Å². The Hall–Kier alpha value is -3.19. The van der Waals surface area contributed by atoms with Crippen LogP contribution in [0.5, 0.6) is 0 Å². The number of Topliss-reactive ketones (excluding diaryl/α,β-unsaturated/α-hetero) is 1. The molecule has 29 heavy (non-hydrogen) atoms. The van der Waals surface area contributed by atoms with Crippen LogP contribution in [-0.4, -0.2) is 51.6 Å². The van der Waals surface area contributed by atoms with Crippen molar-refractivity contribution < 1.29 is 14.3 Å². The molecule has 0 radical (unpaired) electrons. The largest absolute Gasteiger partial charge is 0.465 e. The molecular weight excluding hydrogens is 368 g/mol. The summed E-state index contributed by atoms with van der Waals surface area (Å²) in [6, 6.07) is 9.49. The second-order valence-corrected chi connectivity index (χ2v) is 7.20. The van der Waals surface area contributed by atoms with Crippen molar-refractivity contribution in [3.63, 3.8) is 0 Å². The summed E-state index contributed by atoms with van der Waals surface area (Å²) in [6.07, 6.45) is 3.77. The van der Waals surface area contributed by atoms with E-state index >= 15 is 0 Å². The first-order valence-corrected chi connectivity index (χ1v) is 9.44. The molecule has 1 atom stereocenters. The third-order valence-corrected chi connectivity index (χ3v) is 5.20. The fourth-order valence-electron chi connectivity index (χ4n) is 3.40. The molecule has 0 aliphatic heterocycles. The standard InChI is InChI=1S/C22H26N4O3/c1-14-19(22(28)29-5)15(2)24-20(14)21(27)16(3)25(4)12-17-11-23-26(13-17)18-9-7-6-8-10-18/h6-11,13,16,24H,12H2,1-5H3. The van der Waals surface area contributed by atoms with Crippen molar-refractivity contribution in [2.75, 3.05) is 14.2 Å². The van der Waals surface area contributed by atoms with Gasteiger partial charge in [-0.25, -0.2) is 9.48 Å². The van der Waals surface area contributed by atoms with Gasteiger partial charge >= 0.3 is 5.97 Å². The van der Waals surface area contributed by atoms with Crippen LogP contribution in [0.3, 0.4) is 0 Å². The number of likely N-dealkylation sites (N-methyl/N-ethyl adjacent to an activating group) is 1. The Labute approximate surface area is 170 Å². The van der Waals surface area contributed by atoms with Crippen molar-refractivity contribution in [3.8, 4) is 5.69 Å². The molecule has 0 saturated heterocycles. The number of para-hydroxylation sites is 1. The number of ketones is 1. The number of methoxy groups -OCH3 is 1. The number of carbonyl (C=O) groups is 2. The first-order valence-electron chi connectivity index (χ1n) is 9.44. The van der Waals surface area contributed by atoms with E-state index in [9.17, 15) is 9.59 Å². The first kappa shape index (κ1) is 20.5. The van der Waals surface area contributed by atoms with Crippen LogP contribution < -0.4 is 0 Å². The molecule has 3 rings (SSSR count). The van der Waals surface area contributed by atoms with Crippen LogP contribution in [0.1, 0.15) is 44.6 Å². The third kappa shape index (κ3) is 4.14. The van der Waals surface area contributed by atoms with E-state index in [2.05, 4.69) is 10.1 Å². The minimum atomic E-state index is -0.440. The maximum absolute atomic E-state index is 13.1. The van der Waals surface area contributed by atoms with Crippen LogP contribution >= 0.6 is 0 Å². The summed E-state index contributed by atoms with van der Waals surface area (Å²) in [5.41, 5.74) is 4.12. The maximum atomic E-state index is 13.1. The molecule has 0 saturated carbocycles. The molecule has 1 N–H and O–H groups in total. The Morgan fingerprint density at radius 2 is 1.93 bits per heavy atom. The molecule has 3 aromatic rings. The van der Waals surface area contributed by atoms with Gasteiger partial charge in [-0.3, -0.25) is 9.69 Å². The minimum absolute atomic E-state index is 0.0706. The Morgan fingerprint density at radius 1 is 1.24 bits per heavy atom. The van der Waals surface area contributed by atoms with Gasteiger partial charge in [0, 0.05) is 24.0 Å². The van der Waals surface area contributed by atoms with Crippen molar-refractivity contribution in [1.29, 1.82) is 0 Å². The fraction of sp³-hybridized carbons (Fsp3) is 0.318. The summed E-state index contributed by atoms with van der Waals surface area (Å²) in [5, 5.41) is 4.41. The van der Waals surface area contributed by atoms with E-state index in [0.29, 0.717) is 29.1 Å². The monoisotopic (exact) mass is 394 g/mol. The molecule has 0 spiro atoms. The summed E-state index contributed by atoms with van der Waals surface area (Å²) in [6.45, 7) is 5.96. The van der Waals surface area contributed by atoms with Gasteiger partial charge in [-0.2, -0.15) is 5.10 Å². The van der Waals surface area contributed by atoms with Crippen LogP contribution in [0.15, 0.2) is 42.7 Å². The summed E-state index contributed by atoms with van der Waals surface area (Å²) in [7, 11) is 3.23. The van der Waals surface area contributed by atoms with Gasteiger partial charge in [0.1, 0.15) is 0 Å². The molecule has 0 bridgehead atoms. The SMILES string of the molecule is COC(=O)c1c(C)[nH]c(C(=O)C(C)N(C)Cc2cnn(-c3ccccc3)c2)c1C. The highest BCUT2D eigenvalue weighted by atomic mass is 16.5. The van der Waals surface area contributed by atoms with Crippen molar-refractivity contribution in [2.24, 2.45) is 0 Å². The van der Waals surface area contributed by atoms with Crippen LogP contribution in [0.25, 0.3) is 5.69 Å². The number of aromatic nitrogens is 3. The number of hydrogen-bond acceptors (Lipinski definition) is 5. The highest BCUT2D eigenvalue weighted by molar-refractivity contribution is 6.03. The lowest BCUT2D eigenvalue weighted by molar-refractivity contribution is 0.0599. The fourth-order valence-corrected chi connectivity index (χ4v) is 3.40. The maximum Gasteiger partial charge on any atom is 0.339 e. The predicted molar refractivity (Wildman–Crippen MR) is 110 cm³/mol. The number of H-pyrrole nitrogens is 1. The van der Waals surface area contributed by atoms with Gasteiger partial charge in [-0.1, -0.05) is 18.2 Å². The van der Waals surface area contributed by atoms with Gasteiger partial charge in [-0.15, -0.1) is 0 Å². The average molecular weight is 394 g/mol. The summed E-state index contributed by atoms with van der Waals surface area (Å²) in [4.78, 5) is 30.1. The van der Waals surface area contributed by atoms with Crippen LogP contribution in [0, 0.1) is 13.8 Å². The van der Waals surface area contributed by atoms with Crippen molar-refractivity contribution in [3.05, 3.63) is 70.8 Å². The molecule has 0 aliphatic carbocycles. The average Bonchev–Trinajstić information content (AvgIpc) is 3.31. The number of nitrogens with one attached hydrogen (secondary N) is 1. The number of carbonyl (C=O) groups excluding carboxylic acids is 2. The Balaban J connectivity index is 1.74. The van der Waals surface area contributed by atoms with E-state index in [4.69, 9.17) is 4.74 Å². The van der Waals surface area contributed by atoms with E-state index < -0.39 is 5.97 Å². The highest BCUT2D eigenvalue weighted by Crippen LogP contribution is 2.21. The number of rotatable bonds is 7. The molecule has 0 fully saturated rings. The second kappa shape index (κ2) is 8.45. The van der Waals surface area contributed by atoms with Crippen molar-refractivity contribution in [2.45, 2.75) is 33.4 Å². The minimum Gasteiger partial charge on any atom is -0.465 e. The van der Waals surface area contributed by atoms with Gasteiger partial charge in [0.15, 0.2) is 5.78 Å². The number of ether oxygens (including phenoxy) is 1. The highest BCUT2D eigenvalue weighted by Gasteiger charge is 2.27. The molecule has 1 aromatic carbocycles. The van der Waals surface area contributed by atoms with Crippen LogP contribution in [0.2, 0.25) is 0 Å². The summed E-state index contributed by atoms with van der Waals surface area (Å²) in [5.74, 6) is -0.511. The molecule has 0 aliphatic rings. The number of aryl methyl sites for hydroxylation is 1. The topological polar surface area (TPSA) is 80.2 Å². The summed E-state index contributed by atoms with van der Waals surface area (Å²) >= 11 is 0. The van der Waals surface area contributed by atoms with Gasteiger partial charge < -0.3 is 9.72 Å². The summed E-state index contributed by atoms with van der Waals surface area (Å²) < 4.78 is 6.64. The molecule has 2 heterocycles. The van der Waals surface area contributed by atoms with Gasteiger partial charge in [-0.05, 0) is 45.5 Å². The third-order valence-electron chi connectivity index (χ3n) is 5.20. The molecule has 7 heteroatoms. The molecule has 1 unspecified atom stereocenters. The number of hydrogen-bond donors (Lipinski definition) is 1. The molecule has 7 nitrogen and oxygen atoms in total. The Morgan fingerprint density at radius 3 is 2.59 bits per heavy atom. The predicted octanol–water partition coefficient (Wildman–Crippen LogP) is 3.31. The van der Waals surface area contributed by atoms with Crippen LogP contribution in [-0.2, 0) is 11.3 Å². The number of benzene rings is 1. The zero-order valence-electron chi connectivity index (χ0n) is 17.4. The van der Waals surface area contributed by atoms with E-state index in [-0.39, 0.29) is 11.8 Å². The number of nitrogens with zero attached hydrogens (tertiary/aromatic N) is 3. The molecule has 152 valence electrons. The Bertz CT molecular complexity index is 1020. The lowest BCUT2D eigenvalue weighted by Crippen LogP contribution is -2.36. The van der Waals surface area contributed by atoms with Gasteiger partial charge in [0.25, 0.3) is 0 Å². The van der Waals surface area contributed by atoms with E-state index in [1.807, 2.05) is 60.1 Å². The zero-order chi connectivity index (χ0) is 21.1. The van der Waals surface area contributed by atoms with Gasteiger partial charge in [0.2, 0.25) is 0 Å². The zero-order valence-corrected chi connectivity index (χ0v) is 17.4. The molecule has 2 aromatic heterocycles. The van der Waals surface area contributed by atoms with Crippen molar-refractivity contribution >= 4 is 11.8 Å². The lowest BCUT2D eigenvalue weighted by Gasteiger charge is -2.22. The van der Waals surface area contributed by atoms with E-state index in [0.717, 1.165) is 11.3 Å². The van der Waals surface area contributed by atoms with Crippen molar-refractivity contribution in [1.82, 2.24) is 19.7 Å². The normalized spacial score (nSPS) is 12.2. The number of esters is 1. The smallest absolute Gasteiger partial charge is 0.339 e. The quantitative estimate of drug-likeness (QED) is 0.491.